The zero-order chi connectivity index (χ0) is 26.9. The van der Waals surface area contributed by atoms with Crippen molar-refractivity contribution in [2.45, 2.75) is 13.0 Å². The van der Waals surface area contributed by atoms with Gasteiger partial charge >= 0.3 is 0 Å². The molecule has 2 aliphatic heterocycles. The van der Waals surface area contributed by atoms with Gasteiger partial charge in [0.05, 0.1) is 29.0 Å². The van der Waals surface area contributed by atoms with Crippen molar-refractivity contribution in [3.63, 3.8) is 0 Å². The molecule has 0 saturated carbocycles. The van der Waals surface area contributed by atoms with Crippen molar-refractivity contribution in [3.8, 4) is 17.2 Å². The monoisotopic (exact) mass is 539 g/mol. The topological polar surface area (TPSA) is 91.2 Å². The van der Waals surface area contributed by atoms with Crippen molar-refractivity contribution >= 4 is 29.0 Å². The number of carbonyl (C=O) groups is 1. The molecule has 0 bridgehead atoms. The molecule has 1 amide bonds. The molecular weight excluding hydrogens is 514 g/mol. The summed E-state index contributed by atoms with van der Waals surface area (Å²) in [7, 11) is 1.60. The van der Waals surface area contributed by atoms with Gasteiger partial charge in [0.2, 0.25) is 0 Å². The number of ether oxygens (including phenoxy) is 3. The number of methoxy groups -OCH3 is 1. The molecule has 0 aliphatic carbocycles. The number of benzene rings is 3. The SMILES string of the molecule is COc1ccc(C2C(C(=O)Nc3ccccc3)=C(C)N=c3sc(=Cc4ccc5c(c4)OCCO5)c(=O)n32)cc1. The van der Waals surface area contributed by atoms with Crippen LogP contribution in [-0.2, 0) is 4.79 Å². The highest BCUT2D eigenvalue weighted by Crippen LogP contribution is 2.32. The smallest absolute Gasteiger partial charge is 0.271 e. The van der Waals surface area contributed by atoms with Crippen molar-refractivity contribution in [1.29, 1.82) is 0 Å². The standard InChI is InChI=1S/C30H25N3O5S/c1-18-26(28(34)32-21-6-4-3-5-7-21)27(20-9-11-22(36-2)12-10-20)33-29(35)25(39-30(33)31-18)17-19-8-13-23-24(16-19)38-15-14-37-23/h3-13,16-17,27H,14-15H2,1-2H3,(H,32,34). The number of para-hydroxylation sites is 1. The highest BCUT2D eigenvalue weighted by atomic mass is 32.1. The van der Waals surface area contributed by atoms with Gasteiger partial charge in [-0.15, -0.1) is 0 Å². The van der Waals surface area contributed by atoms with E-state index in [9.17, 15) is 9.59 Å². The minimum atomic E-state index is -0.668. The van der Waals surface area contributed by atoms with Crippen molar-refractivity contribution in [2.24, 2.45) is 4.99 Å². The van der Waals surface area contributed by atoms with Gasteiger partial charge in [-0.05, 0) is 60.5 Å². The molecule has 1 N–H and O–H groups in total. The van der Waals surface area contributed by atoms with Crippen LogP contribution < -0.4 is 34.4 Å². The Morgan fingerprint density at radius 3 is 2.54 bits per heavy atom. The normalized spacial score (nSPS) is 16.4. The van der Waals surface area contributed by atoms with E-state index in [0.29, 0.717) is 56.8 Å². The van der Waals surface area contributed by atoms with Crippen molar-refractivity contribution in [1.82, 2.24) is 4.57 Å². The van der Waals surface area contributed by atoms with Crippen LogP contribution in [0.4, 0.5) is 5.69 Å². The van der Waals surface area contributed by atoms with Gasteiger partial charge in [0, 0.05) is 5.69 Å². The van der Waals surface area contributed by atoms with Crippen LogP contribution in [0, 0.1) is 0 Å². The number of aromatic nitrogens is 1. The van der Waals surface area contributed by atoms with Crippen LogP contribution >= 0.6 is 11.3 Å². The van der Waals surface area contributed by atoms with Gasteiger partial charge < -0.3 is 19.5 Å². The van der Waals surface area contributed by atoms with Crippen molar-refractivity contribution in [2.75, 3.05) is 25.6 Å². The lowest BCUT2D eigenvalue weighted by Gasteiger charge is -2.25. The maximum absolute atomic E-state index is 13.9. The molecule has 0 fully saturated rings. The number of hydrogen-bond donors (Lipinski definition) is 1. The molecule has 196 valence electrons. The molecule has 8 nitrogen and oxygen atoms in total. The average molecular weight is 540 g/mol. The van der Waals surface area contributed by atoms with E-state index in [2.05, 4.69) is 5.32 Å². The number of anilines is 1. The van der Waals surface area contributed by atoms with Crippen LogP contribution in [0.1, 0.15) is 24.1 Å². The Bertz CT molecular complexity index is 1770. The van der Waals surface area contributed by atoms with E-state index in [1.54, 1.807) is 18.6 Å². The third-order valence-electron chi connectivity index (χ3n) is 6.59. The second-order valence-electron chi connectivity index (χ2n) is 9.08. The first-order chi connectivity index (χ1) is 19.0. The van der Waals surface area contributed by atoms with Crippen LogP contribution in [0.2, 0.25) is 0 Å². The molecule has 3 aromatic carbocycles. The first-order valence-electron chi connectivity index (χ1n) is 12.4. The van der Waals surface area contributed by atoms with Crippen LogP contribution in [0.25, 0.3) is 6.08 Å². The molecule has 0 radical (unpaired) electrons. The summed E-state index contributed by atoms with van der Waals surface area (Å²) in [6.45, 7) is 2.79. The summed E-state index contributed by atoms with van der Waals surface area (Å²) in [5, 5.41) is 2.96. The van der Waals surface area contributed by atoms with Crippen LogP contribution in [-0.4, -0.2) is 30.8 Å². The number of allylic oxidation sites excluding steroid dienone is 1. The van der Waals surface area contributed by atoms with Gasteiger partial charge in [-0.1, -0.05) is 47.7 Å². The van der Waals surface area contributed by atoms with Gasteiger partial charge in [-0.25, -0.2) is 4.99 Å². The van der Waals surface area contributed by atoms with E-state index in [-0.39, 0.29) is 11.5 Å². The number of amides is 1. The first-order valence-corrected chi connectivity index (χ1v) is 13.3. The van der Waals surface area contributed by atoms with E-state index in [4.69, 9.17) is 19.2 Å². The quantitative estimate of drug-likeness (QED) is 0.418. The summed E-state index contributed by atoms with van der Waals surface area (Å²) >= 11 is 1.29. The fraction of sp³-hybridized carbons (Fsp3) is 0.167. The predicted molar refractivity (Wildman–Crippen MR) is 149 cm³/mol. The number of hydrogen-bond acceptors (Lipinski definition) is 7. The number of nitrogens with zero attached hydrogens (tertiary/aromatic N) is 2. The average Bonchev–Trinajstić information content (AvgIpc) is 3.26. The van der Waals surface area contributed by atoms with Gasteiger partial charge in [-0.3, -0.25) is 14.2 Å². The maximum atomic E-state index is 13.9. The van der Waals surface area contributed by atoms with Crippen molar-refractivity contribution < 1.29 is 19.0 Å². The summed E-state index contributed by atoms with van der Waals surface area (Å²) in [5.74, 6) is 1.70. The highest BCUT2D eigenvalue weighted by Gasteiger charge is 2.32. The van der Waals surface area contributed by atoms with Gasteiger partial charge in [0.15, 0.2) is 16.3 Å². The lowest BCUT2D eigenvalue weighted by atomic mass is 9.95. The molecule has 39 heavy (non-hydrogen) atoms. The molecule has 2 aliphatic rings. The zero-order valence-electron chi connectivity index (χ0n) is 21.3. The summed E-state index contributed by atoms with van der Waals surface area (Å²) in [6.07, 6.45) is 1.82. The fourth-order valence-electron chi connectivity index (χ4n) is 4.73. The molecule has 4 aromatic rings. The van der Waals surface area contributed by atoms with E-state index in [1.165, 1.54) is 11.3 Å². The van der Waals surface area contributed by atoms with Gasteiger partial charge in [0.1, 0.15) is 19.0 Å². The van der Waals surface area contributed by atoms with Crippen LogP contribution in [0.15, 0.2) is 93.9 Å². The maximum Gasteiger partial charge on any atom is 0.271 e. The van der Waals surface area contributed by atoms with Crippen LogP contribution in [0.3, 0.4) is 0 Å². The molecule has 9 heteroatoms. The summed E-state index contributed by atoms with van der Waals surface area (Å²) in [4.78, 5) is 32.8. The van der Waals surface area contributed by atoms with E-state index in [0.717, 1.165) is 11.1 Å². The minimum Gasteiger partial charge on any atom is -0.497 e. The largest absolute Gasteiger partial charge is 0.497 e. The third kappa shape index (κ3) is 4.72. The fourth-order valence-corrected chi connectivity index (χ4v) is 5.78. The second kappa shape index (κ2) is 10.3. The number of thiazole rings is 1. The Kier molecular flexibility index (Phi) is 6.50. The lowest BCUT2D eigenvalue weighted by molar-refractivity contribution is -0.113. The zero-order valence-corrected chi connectivity index (χ0v) is 22.2. The summed E-state index contributed by atoms with van der Waals surface area (Å²) < 4.78 is 18.8. The lowest BCUT2D eigenvalue weighted by Crippen LogP contribution is -2.40. The second-order valence-corrected chi connectivity index (χ2v) is 10.1. The molecule has 0 spiro atoms. The Morgan fingerprint density at radius 2 is 1.79 bits per heavy atom. The molecule has 1 aromatic heterocycles. The number of carbonyl (C=O) groups excluding carboxylic acids is 1. The van der Waals surface area contributed by atoms with Crippen molar-refractivity contribution in [3.05, 3.63) is 115 Å². The van der Waals surface area contributed by atoms with Gasteiger partial charge in [-0.2, -0.15) is 0 Å². The molecule has 3 heterocycles. The first kappa shape index (κ1) is 24.7. The van der Waals surface area contributed by atoms with E-state index < -0.39 is 6.04 Å². The number of nitrogens with one attached hydrogen (secondary N) is 1. The molecule has 0 saturated heterocycles. The minimum absolute atomic E-state index is 0.230. The third-order valence-corrected chi connectivity index (χ3v) is 7.58. The Balaban J connectivity index is 1.48. The Hall–Kier alpha value is -4.63. The van der Waals surface area contributed by atoms with Gasteiger partial charge in [0.25, 0.3) is 11.5 Å². The molecule has 1 unspecified atom stereocenters. The van der Waals surface area contributed by atoms with E-state index >= 15 is 0 Å². The molecule has 1 atom stereocenters. The van der Waals surface area contributed by atoms with E-state index in [1.807, 2.05) is 78.9 Å². The predicted octanol–water partition coefficient (Wildman–Crippen LogP) is 3.65. The molecular formula is C30H25N3O5S. The highest BCUT2D eigenvalue weighted by molar-refractivity contribution is 7.07. The number of rotatable bonds is 5. The molecule has 6 rings (SSSR count). The Morgan fingerprint density at radius 1 is 1.05 bits per heavy atom. The number of fused-ring (bicyclic) bond motifs is 2. The van der Waals surface area contributed by atoms with Crippen LogP contribution in [0.5, 0.6) is 17.2 Å². The Labute approximate surface area is 228 Å². The summed E-state index contributed by atoms with van der Waals surface area (Å²) in [6, 6.07) is 21.5. The summed E-state index contributed by atoms with van der Waals surface area (Å²) in [5.41, 5.74) is 2.97.